The quantitative estimate of drug-likeness (QED) is 0.203. The smallest absolute Gasteiger partial charge is 0.136 e. The number of phenols is 1. The van der Waals surface area contributed by atoms with E-state index in [0.29, 0.717) is 38.2 Å². The highest BCUT2D eigenvalue weighted by molar-refractivity contribution is 6.23. The van der Waals surface area contributed by atoms with Crippen molar-refractivity contribution < 1.29 is 28.7 Å². The van der Waals surface area contributed by atoms with E-state index < -0.39 is 89.4 Å². The van der Waals surface area contributed by atoms with Crippen LogP contribution in [0.5, 0.6) is 5.75 Å². The Kier molecular flexibility index (Phi) is 3.59. The number of benzene rings is 8. The van der Waals surface area contributed by atoms with E-state index in [9.17, 15) is 10.6 Å². The van der Waals surface area contributed by atoms with Crippen LogP contribution in [-0.2, 0) is 0 Å². The van der Waals surface area contributed by atoms with Crippen LogP contribution in [0.2, 0.25) is 0 Å². The zero-order valence-corrected chi connectivity index (χ0v) is 23.9. The number of hydrogen-bond donors (Lipinski definition) is 1. The predicted octanol–water partition coefficient (Wildman–Crippen LogP) is 12.3. The summed E-state index contributed by atoms with van der Waals surface area (Å²) in [4.78, 5) is 0. The van der Waals surface area contributed by atoms with Crippen LogP contribution in [0.1, 0.15) is 19.2 Å². The van der Waals surface area contributed by atoms with Crippen LogP contribution >= 0.6 is 0 Å². The highest BCUT2D eigenvalue weighted by Gasteiger charge is 2.21. The van der Waals surface area contributed by atoms with Crippen LogP contribution in [0.3, 0.4) is 0 Å². The topological polar surface area (TPSA) is 33.4 Å². The third-order valence-corrected chi connectivity index (χ3v) is 8.05. The Bertz CT molecular complexity index is 3260. The lowest BCUT2D eigenvalue weighted by molar-refractivity contribution is 0.476. The first-order chi connectivity index (χ1) is 28.6. The minimum absolute atomic E-state index is 0.0152. The van der Waals surface area contributed by atoms with Gasteiger partial charge in [0, 0.05) is 10.8 Å². The van der Waals surface area contributed by atoms with Crippen molar-refractivity contribution in [3.63, 3.8) is 0 Å². The molecule has 0 aliphatic carbocycles. The van der Waals surface area contributed by atoms with Gasteiger partial charge in [0.25, 0.3) is 0 Å². The van der Waals surface area contributed by atoms with E-state index in [-0.39, 0.29) is 50.7 Å². The van der Waals surface area contributed by atoms with Gasteiger partial charge in [0.05, 0.1) is 19.2 Å². The largest absolute Gasteiger partial charge is 0.508 e. The van der Waals surface area contributed by atoms with Crippen molar-refractivity contribution in [3.05, 3.63) is 163 Å². The second kappa shape index (κ2) is 10.5. The SMILES string of the molecule is [2H]c1c([2H])c([2H])c(-c2c([2H])c([2H])c(-c3c4ccccc4c(-c4c(-c5ccccc5)c([2H])c5oc6c([2H])c([2H])c(O)c([2H])c6c5c4[2H])c4ccccc34)c([2H])c2[2H])c([2H])c1[2H]. The molecule has 0 bridgehead atoms. The molecule has 1 aromatic heterocycles. The van der Waals surface area contributed by atoms with E-state index in [4.69, 9.17) is 18.1 Å². The highest BCUT2D eigenvalue weighted by atomic mass is 16.3. The summed E-state index contributed by atoms with van der Waals surface area (Å²) in [5.41, 5.74) is 0.429. The third-order valence-electron chi connectivity index (χ3n) is 8.05. The number of hydrogen-bond acceptors (Lipinski definition) is 2. The molecule has 1 N–H and O–H groups in total. The third kappa shape index (κ3) is 4.19. The molecule has 46 heavy (non-hydrogen) atoms. The maximum absolute atomic E-state index is 10.7. The van der Waals surface area contributed by atoms with Crippen LogP contribution in [0.15, 0.2) is 168 Å². The van der Waals surface area contributed by atoms with Gasteiger partial charge in [-0.3, -0.25) is 0 Å². The summed E-state index contributed by atoms with van der Waals surface area (Å²) < 4.78 is 130. The molecule has 0 unspecified atom stereocenters. The van der Waals surface area contributed by atoms with Crippen molar-refractivity contribution in [1.82, 2.24) is 0 Å². The molecule has 0 atom stereocenters. The van der Waals surface area contributed by atoms with Gasteiger partial charge in [-0.05, 0) is 96.3 Å². The standard InChI is InChI=1S/C44H28O2/c45-32-23-24-41-38(25-32)39-26-40(37(27-42(39)46-41)30-13-5-2-6-14-30)44-35-17-9-7-15-33(35)43(34-16-8-10-18-36(34)44)31-21-19-29(20-22-31)28-11-3-1-4-12-28/h1-27,45H/i1D,3D,4D,11D,12D,19D,20D,21D,22D,23D,24D,25D,26D,27D. The van der Waals surface area contributed by atoms with Crippen molar-refractivity contribution in [2.24, 2.45) is 0 Å². The summed E-state index contributed by atoms with van der Waals surface area (Å²) in [6.07, 6.45) is 0. The van der Waals surface area contributed by atoms with E-state index in [0.717, 1.165) is 0 Å². The monoisotopic (exact) mass is 602 g/mol. The van der Waals surface area contributed by atoms with Gasteiger partial charge >= 0.3 is 0 Å². The molecule has 0 spiro atoms. The van der Waals surface area contributed by atoms with Crippen LogP contribution in [-0.4, -0.2) is 5.11 Å². The molecule has 0 saturated carbocycles. The van der Waals surface area contributed by atoms with E-state index in [1.165, 1.54) is 0 Å². The molecular weight excluding hydrogens is 560 g/mol. The first kappa shape index (κ1) is 15.7. The normalized spacial score (nSPS) is 15.8. The first-order valence-corrected chi connectivity index (χ1v) is 14.4. The molecule has 2 nitrogen and oxygen atoms in total. The molecule has 1 heterocycles. The average Bonchev–Trinajstić information content (AvgIpc) is 3.67. The van der Waals surface area contributed by atoms with Crippen molar-refractivity contribution in [2.75, 3.05) is 0 Å². The van der Waals surface area contributed by atoms with Gasteiger partial charge in [-0.1, -0.05) is 133 Å². The fourth-order valence-electron chi connectivity index (χ4n) is 6.09. The predicted molar refractivity (Wildman–Crippen MR) is 192 cm³/mol. The van der Waals surface area contributed by atoms with Gasteiger partial charge in [-0.15, -0.1) is 0 Å². The van der Waals surface area contributed by atoms with E-state index in [1.54, 1.807) is 78.9 Å². The summed E-state index contributed by atoms with van der Waals surface area (Å²) >= 11 is 0. The van der Waals surface area contributed by atoms with Gasteiger partial charge < -0.3 is 9.52 Å². The van der Waals surface area contributed by atoms with E-state index in [2.05, 4.69) is 0 Å². The lowest BCUT2D eigenvalue weighted by Gasteiger charge is -2.20. The highest BCUT2D eigenvalue weighted by Crippen LogP contribution is 2.48. The Balaban J connectivity index is 1.46. The second-order valence-corrected chi connectivity index (χ2v) is 10.7. The average molecular weight is 603 g/mol. The minimum Gasteiger partial charge on any atom is -0.508 e. The molecule has 0 fully saturated rings. The molecule has 0 radical (unpaired) electrons. The number of rotatable bonds is 4. The number of phenolic OH excluding ortho intramolecular Hbond substituents is 1. The Hall–Kier alpha value is -6.12. The Morgan fingerprint density at radius 2 is 0.978 bits per heavy atom. The molecule has 8 aromatic carbocycles. The van der Waals surface area contributed by atoms with Gasteiger partial charge in [0.2, 0.25) is 0 Å². The Morgan fingerprint density at radius 3 is 1.65 bits per heavy atom. The zero-order valence-electron chi connectivity index (χ0n) is 37.9. The van der Waals surface area contributed by atoms with E-state index >= 15 is 0 Å². The Morgan fingerprint density at radius 1 is 0.413 bits per heavy atom. The van der Waals surface area contributed by atoms with Crippen LogP contribution in [0, 0.1) is 0 Å². The molecule has 0 aliphatic rings. The van der Waals surface area contributed by atoms with Crippen LogP contribution < -0.4 is 0 Å². The number of furan rings is 1. The van der Waals surface area contributed by atoms with Crippen LogP contribution in [0.4, 0.5) is 0 Å². The van der Waals surface area contributed by atoms with Gasteiger partial charge in [-0.2, -0.15) is 0 Å². The fraction of sp³-hybridized carbons (Fsp3) is 0. The molecule has 9 rings (SSSR count). The summed E-state index contributed by atoms with van der Waals surface area (Å²) in [6, 6.07) is 15.2. The first-order valence-electron chi connectivity index (χ1n) is 21.4. The van der Waals surface area contributed by atoms with E-state index in [1.807, 2.05) is 0 Å². The molecule has 0 amide bonds. The molecular formula is C44H28O2. The van der Waals surface area contributed by atoms with Crippen molar-refractivity contribution in [1.29, 1.82) is 0 Å². The second-order valence-electron chi connectivity index (χ2n) is 10.7. The van der Waals surface area contributed by atoms with Crippen molar-refractivity contribution in [3.8, 4) is 50.3 Å². The molecule has 9 aromatic rings. The molecule has 0 aliphatic heterocycles. The molecule has 216 valence electrons. The summed E-state index contributed by atoms with van der Waals surface area (Å²) in [5.74, 6) is -0.771. The van der Waals surface area contributed by atoms with Gasteiger partial charge in [0.15, 0.2) is 0 Å². The zero-order chi connectivity index (χ0) is 42.8. The molecule has 0 saturated heterocycles. The summed E-state index contributed by atoms with van der Waals surface area (Å²) in [7, 11) is 0. The minimum atomic E-state index is -0.771. The van der Waals surface area contributed by atoms with Crippen molar-refractivity contribution >= 4 is 43.5 Å². The van der Waals surface area contributed by atoms with Gasteiger partial charge in [-0.25, -0.2) is 0 Å². The lowest BCUT2D eigenvalue weighted by atomic mass is 9.83. The Labute approximate surface area is 286 Å². The fourth-order valence-corrected chi connectivity index (χ4v) is 6.09. The lowest BCUT2D eigenvalue weighted by Crippen LogP contribution is -1.93. The summed E-state index contributed by atoms with van der Waals surface area (Å²) in [5, 5.41) is 12.5. The number of aromatic hydroxyl groups is 1. The summed E-state index contributed by atoms with van der Waals surface area (Å²) in [6.45, 7) is 0. The van der Waals surface area contributed by atoms with Crippen molar-refractivity contribution in [2.45, 2.75) is 0 Å². The van der Waals surface area contributed by atoms with Gasteiger partial charge in [0.1, 0.15) is 16.9 Å². The van der Waals surface area contributed by atoms with Crippen LogP contribution in [0.25, 0.3) is 88.0 Å². The maximum atomic E-state index is 10.7. The number of fused-ring (bicyclic) bond motifs is 5. The maximum Gasteiger partial charge on any atom is 0.136 e. The molecule has 2 heteroatoms.